The minimum Gasteiger partial charge on any atom is -0.391 e. The molecule has 1 aliphatic carbocycles. The van der Waals surface area contributed by atoms with Gasteiger partial charge in [0.2, 0.25) is 10.0 Å². The number of nitro groups is 1. The zero-order valence-electron chi connectivity index (χ0n) is 12.6. The number of aryl methyl sites for hydroxylation is 1. The molecule has 1 aliphatic rings. The molecule has 0 aliphatic heterocycles. The van der Waals surface area contributed by atoms with Crippen LogP contribution in [0.4, 0.5) is 5.69 Å². The molecule has 1 aromatic rings. The summed E-state index contributed by atoms with van der Waals surface area (Å²) in [5.74, 6) is 0. The van der Waals surface area contributed by atoms with E-state index in [2.05, 4.69) is 0 Å². The number of benzene rings is 1. The number of hydrogen-bond acceptors (Lipinski definition) is 5. The summed E-state index contributed by atoms with van der Waals surface area (Å²) in [5.41, 5.74) is 0.183. The van der Waals surface area contributed by atoms with Crippen molar-refractivity contribution in [3.8, 4) is 0 Å². The van der Waals surface area contributed by atoms with Crippen molar-refractivity contribution >= 4 is 15.7 Å². The van der Waals surface area contributed by atoms with Crippen molar-refractivity contribution in [1.29, 1.82) is 0 Å². The molecule has 0 heterocycles. The molecule has 0 aromatic heterocycles. The Hall–Kier alpha value is -1.51. The molecule has 1 saturated carbocycles. The first-order chi connectivity index (χ1) is 10.2. The van der Waals surface area contributed by atoms with Gasteiger partial charge >= 0.3 is 0 Å². The molecule has 0 spiro atoms. The summed E-state index contributed by atoms with van der Waals surface area (Å²) in [6.07, 6.45) is 2.19. The van der Waals surface area contributed by atoms with E-state index in [9.17, 15) is 23.6 Å². The second-order valence-corrected chi connectivity index (χ2v) is 7.64. The molecule has 22 heavy (non-hydrogen) atoms. The molecule has 122 valence electrons. The number of aliphatic hydroxyl groups is 1. The second kappa shape index (κ2) is 6.31. The molecule has 1 aromatic carbocycles. The van der Waals surface area contributed by atoms with Gasteiger partial charge in [-0.2, -0.15) is 4.31 Å². The van der Waals surface area contributed by atoms with Crippen LogP contribution in [0.1, 0.15) is 31.2 Å². The Labute approximate surface area is 129 Å². The van der Waals surface area contributed by atoms with Crippen LogP contribution in [0.5, 0.6) is 0 Å². The van der Waals surface area contributed by atoms with Crippen molar-refractivity contribution in [2.75, 3.05) is 7.05 Å². The number of nitrogens with zero attached hydrogens (tertiary/aromatic N) is 2. The first-order valence-corrected chi connectivity index (χ1v) is 8.60. The minimum atomic E-state index is -3.88. The zero-order chi connectivity index (χ0) is 16.5. The minimum absolute atomic E-state index is 0.120. The van der Waals surface area contributed by atoms with Crippen molar-refractivity contribution in [3.05, 3.63) is 33.9 Å². The van der Waals surface area contributed by atoms with E-state index in [1.807, 2.05) is 0 Å². The van der Waals surface area contributed by atoms with Gasteiger partial charge in [-0.25, -0.2) is 8.42 Å². The Morgan fingerprint density at radius 2 is 1.95 bits per heavy atom. The standard InChI is InChI=1S/C14H20N2O5S/c1-10-7-8-11(9-13(10)16(18)19)22(20,21)15(2)12-5-3-4-6-14(12)17/h7-9,12,14,17H,3-6H2,1-2H3/t12-,14-/m1/s1. The van der Waals surface area contributed by atoms with E-state index in [0.29, 0.717) is 18.4 Å². The smallest absolute Gasteiger partial charge is 0.273 e. The van der Waals surface area contributed by atoms with Crippen LogP contribution in [0.2, 0.25) is 0 Å². The maximum absolute atomic E-state index is 12.7. The number of nitro benzene ring substituents is 1. The van der Waals surface area contributed by atoms with Gasteiger partial charge in [-0.1, -0.05) is 18.9 Å². The summed E-state index contributed by atoms with van der Waals surface area (Å²) >= 11 is 0. The average Bonchev–Trinajstić information content (AvgIpc) is 2.47. The third-order valence-corrected chi connectivity index (χ3v) is 6.09. The fourth-order valence-electron chi connectivity index (χ4n) is 2.81. The van der Waals surface area contributed by atoms with Crippen molar-refractivity contribution in [3.63, 3.8) is 0 Å². The average molecular weight is 328 g/mol. The van der Waals surface area contributed by atoms with E-state index in [4.69, 9.17) is 0 Å². The molecule has 2 atom stereocenters. The van der Waals surface area contributed by atoms with Crippen LogP contribution in [0.15, 0.2) is 23.1 Å². The van der Waals surface area contributed by atoms with Crippen molar-refractivity contribution in [2.24, 2.45) is 0 Å². The monoisotopic (exact) mass is 328 g/mol. The fourth-order valence-corrected chi connectivity index (χ4v) is 4.24. The highest BCUT2D eigenvalue weighted by atomic mass is 32.2. The van der Waals surface area contributed by atoms with E-state index >= 15 is 0 Å². The second-order valence-electron chi connectivity index (χ2n) is 5.65. The van der Waals surface area contributed by atoms with Crippen molar-refractivity contribution in [1.82, 2.24) is 4.31 Å². The molecular formula is C14H20N2O5S. The molecule has 0 radical (unpaired) electrons. The topological polar surface area (TPSA) is 101 Å². The Kier molecular flexibility index (Phi) is 4.84. The molecule has 0 saturated heterocycles. The largest absolute Gasteiger partial charge is 0.391 e. The molecule has 0 bridgehead atoms. The van der Waals surface area contributed by atoms with Gasteiger partial charge in [0.1, 0.15) is 0 Å². The summed E-state index contributed by atoms with van der Waals surface area (Å²) in [5, 5.41) is 21.0. The predicted molar refractivity (Wildman–Crippen MR) is 81.0 cm³/mol. The predicted octanol–water partition coefficient (Wildman–Crippen LogP) is 1.83. The maximum Gasteiger partial charge on any atom is 0.273 e. The van der Waals surface area contributed by atoms with Crippen LogP contribution in [0, 0.1) is 17.0 Å². The van der Waals surface area contributed by atoms with Gasteiger partial charge in [-0.3, -0.25) is 10.1 Å². The van der Waals surface area contributed by atoms with Gasteiger partial charge in [-0.05, 0) is 25.8 Å². The van der Waals surface area contributed by atoms with Crippen LogP contribution < -0.4 is 0 Å². The summed E-state index contributed by atoms with van der Waals surface area (Å²) in [4.78, 5) is 10.3. The molecule has 0 amide bonds. The highest BCUT2D eigenvalue weighted by Crippen LogP contribution is 2.29. The van der Waals surface area contributed by atoms with Crippen LogP contribution in [0.25, 0.3) is 0 Å². The van der Waals surface area contributed by atoms with Crippen LogP contribution in [-0.4, -0.2) is 41.9 Å². The maximum atomic E-state index is 12.7. The molecule has 2 rings (SSSR count). The van der Waals surface area contributed by atoms with Crippen molar-refractivity contribution < 1.29 is 18.4 Å². The van der Waals surface area contributed by atoms with E-state index in [1.54, 1.807) is 6.92 Å². The van der Waals surface area contributed by atoms with Crippen LogP contribution >= 0.6 is 0 Å². The number of sulfonamides is 1. The van der Waals surface area contributed by atoms with Gasteiger partial charge in [-0.15, -0.1) is 0 Å². The van der Waals surface area contributed by atoms with Gasteiger partial charge < -0.3 is 5.11 Å². The summed E-state index contributed by atoms with van der Waals surface area (Å²) < 4.78 is 26.5. The third kappa shape index (κ3) is 3.13. The Bertz CT molecular complexity index is 674. The lowest BCUT2D eigenvalue weighted by molar-refractivity contribution is -0.385. The lowest BCUT2D eigenvalue weighted by Gasteiger charge is -2.34. The zero-order valence-corrected chi connectivity index (χ0v) is 13.4. The first-order valence-electron chi connectivity index (χ1n) is 7.16. The van der Waals surface area contributed by atoms with Crippen molar-refractivity contribution in [2.45, 2.75) is 49.6 Å². The molecule has 0 unspecified atom stereocenters. The van der Waals surface area contributed by atoms with E-state index in [1.165, 1.54) is 19.2 Å². The Morgan fingerprint density at radius 3 is 2.55 bits per heavy atom. The lowest BCUT2D eigenvalue weighted by Crippen LogP contribution is -2.46. The van der Waals surface area contributed by atoms with Gasteiger partial charge in [0, 0.05) is 18.7 Å². The molecular weight excluding hydrogens is 308 g/mol. The van der Waals surface area contributed by atoms with E-state index in [-0.39, 0.29) is 10.6 Å². The number of aliphatic hydroxyl groups excluding tert-OH is 1. The van der Waals surface area contributed by atoms with Gasteiger partial charge in [0.15, 0.2) is 0 Å². The molecule has 1 fully saturated rings. The number of hydrogen-bond donors (Lipinski definition) is 1. The quantitative estimate of drug-likeness (QED) is 0.671. The number of likely N-dealkylation sites (N-methyl/N-ethyl adjacent to an activating group) is 1. The normalized spacial score (nSPS) is 22.7. The highest BCUT2D eigenvalue weighted by molar-refractivity contribution is 7.89. The summed E-state index contributed by atoms with van der Waals surface area (Å²) in [6.45, 7) is 1.56. The van der Waals surface area contributed by atoms with Gasteiger partial charge in [0.25, 0.3) is 5.69 Å². The lowest BCUT2D eigenvalue weighted by atomic mass is 9.93. The SMILES string of the molecule is Cc1ccc(S(=O)(=O)N(C)[C@@H]2CCCC[C@H]2O)cc1[N+](=O)[O-]. The first kappa shape index (κ1) is 16.9. The van der Waals surface area contributed by atoms with Gasteiger partial charge in [0.05, 0.1) is 22.0 Å². The van der Waals surface area contributed by atoms with Crippen LogP contribution in [0.3, 0.4) is 0 Å². The summed E-state index contributed by atoms with van der Waals surface area (Å²) in [7, 11) is -2.46. The fraction of sp³-hybridized carbons (Fsp3) is 0.571. The third-order valence-electron chi connectivity index (χ3n) is 4.22. The summed E-state index contributed by atoms with van der Waals surface area (Å²) in [6, 6.07) is 3.38. The van der Waals surface area contributed by atoms with E-state index in [0.717, 1.165) is 23.2 Å². The Balaban J connectivity index is 2.37. The molecule has 7 nitrogen and oxygen atoms in total. The molecule has 8 heteroatoms. The van der Waals surface area contributed by atoms with Crippen LogP contribution in [-0.2, 0) is 10.0 Å². The Morgan fingerprint density at radius 1 is 1.32 bits per heavy atom. The highest BCUT2D eigenvalue weighted by Gasteiger charge is 2.34. The number of rotatable bonds is 4. The van der Waals surface area contributed by atoms with E-state index < -0.39 is 27.1 Å². The molecule has 1 N–H and O–H groups in total.